The zero-order valence-electron chi connectivity index (χ0n) is 23.8. The van der Waals surface area contributed by atoms with Crippen molar-refractivity contribution in [3.8, 4) is 0 Å². The van der Waals surface area contributed by atoms with E-state index < -0.39 is 84.7 Å². The summed E-state index contributed by atoms with van der Waals surface area (Å²) in [7, 11) is 0. The van der Waals surface area contributed by atoms with Crippen molar-refractivity contribution in [2.24, 2.45) is 34.0 Å². The number of aliphatic hydroxyl groups excluding tert-OH is 1. The lowest BCUT2D eigenvalue weighted by atomic mass is 9.97. The number of carboxylic acids is 2. The fourth-order valence-corrected chi connectivity index (χ4v) is 3.44. The van der Waals surface area contributed by atoms with Gasteiger partial charge in [-0.2, -0.15) is 0 Å². The molecule has 0 aromatic heterocycles. The van der Waals surface area contributed by atoms with Crippen molar-refractivity contribution in [2.75, 3.05) is 13.2 Å². The van der Waals surface area contributed by atoms with E-state index in [-0.39, 0.29) is 31.3 Å². The van der Waals surface area contributed by atoms with Gasteiger partial charge in [0, 0.05) is 6.54 Å². The van der Waals surface area contributed by atoms with E-state index in [1.807, 2.05) is 6.92 Å². The number of hydrogen-bond donors (Lipinski definition) is 10. The van der Waals surface area contributed by atoms with Crippen LogP contribution in [-0.2, 0) is 28.8 Å². The van der Waals surface area contributed by atoms with Crippen LogP contribution in [0.1, 0.15) is 53.4 Å². The van der Waals surface area contributed by atoms with Crippen LogP contribution in [0.4, 0.5) is 0 Å². The number of aliphatic hydroxyl groups is 1. The quantitative estimate of drug-likeness (QED) is 0.0400. The lowest BCUT2D eigenvalue weighted by Gasteiger charge is -2.27. The molecule has 0 aromatic carbocycles. The number of aliphatic imine (C=N–C) groups is 1. The van der Waals surface area contributed by atoms with Crippen molar-refractivity contribution in [3.05, 3.63) is 0 Å². The molecule has 234 valence electrons. The number of nitrogens with two attached hydrogens (primary N) is 3. The van der Waals surface area contributed by atoms with Gasteiger partial charge >= 0.3 is 11.9 Å². The van der Waals surface area contributed by atoms with Crippen molar-refractivity contribution in [1.82, 2.24) is 21.3 Å². The van der Waals surface area contributed by atoms with Gasteiger partial charge in [0.25, 0.3) is 0 Å². The molecule has 0 spiro atoms. The van der Waals surface area contributed by atoms with Crippen LogP contribution in [0.2, 0.25) is 0 Å². The first-order valence-corrected chi connectivity index (χ1v) is 13.1. The Morgan fingerprint density at radius 3 is 1.80 bits per heavy atom. The first-order valence-electron chi connectivity index (χ1n) is 13.1. The number of carboxylic acid groups (broad SMARTS) is 2. The fourth-order valence-electron chi connectivity index (χ4n) is 3.44. The summed E-state index contributed by atoms with van der Waals surface area (Å²) in [5, 5.41) is 37.3. The zero-order chi connectivity index (χ0) is 31.9. The third kappa shape index (κ3) is 13.8. The highest BCUT2D eigenvalue weighted by Gasteiger charge is 2.33. The molecule has 0 aliphatic carbocycles. The second-order valence-corrected chi connectivity index (χ2v) is 9.89. The van der Waals surface area contributed by atoms with Crippen molar-refractivity contribution >= 4 is 41.5 Å². The van der Waals surface area contributed by atoms with E-state index in [9.17, 15) is 39.0 Å². The van der Waals surface area contributed by atoms with Crippen LogP contribution in [-0.4, -0.2) is 100 Å². The van der Waals surface area contributed by atoms with Crippen LogP contribution in [0, 0.1) is 11.8 Å². The normalized spacial score (nSPS) is 15.3. The van der Waals surface area contributed by atoms with Gasteiger partial charge in [0.2, 0.25) is 23.6 Å². The average molecular weight is 589 g/mol. The molecule has 0 heterocycles. The maximum absolute atomic E-state index is 13.0. The van der Waals surface area contributed by atoms with Crippen LogP contribution in [0.25, 0.3) is 0 Å². The van der Waals surface area contributed by atoms with Crippen LogP contribution in [0.5, 0.6) is 0 Å². The van der Waals surface area contributed by atoms with E-state index in [1.165, 1.54) is 0 Å². The number of carbonyl (C=O) groups excluding carboxylic acids is 4. The van der Waals surface area contributed by atoms with Crippen LogP contribution in [0.3, 0.4) is 0 Å². The highest BCUT2D eigenvalue weighted by Crippen LogP contribution is 2.09. The monoisotopic (exact) mass is 588 g/mol. The standard InChI is InChI=1S/C24H44N8O9/c1-5-12(4)17(25)21(38)32-18(11(2)3)22(39)31-15(10-33)20(37)29-13(7-6-8-28-24(26)27)19(36)30-14(23(40)41)9-16(34)35/h11-15,17-18,33H,5-10,25H2,1-4H3,(H,29,37)(H,30,36)(H,31,39)(H,32,38)(H,34,35)(H,40,41)(H4,26,27,28)/t12-,13-,14-,15-,17-,18-/m0/s1. The van der Waals surface area contributed by atoms with Crippen LogP contribution >= 0.6 is 0 Å². The third-order valence-corrected chi connectivity index (χ3v) is 6.19. The van der Waals surface area contributed by atoms with Crippen molar-refractivity contribution in [1.29, 1.82) is 0 Å². The van der Waals surface area contributed by atoms with Gasteiger partial charge in [-0.05, 0) is 24.7 Å². The van der Waals surface area contributed by atoms with E-state index in [0.717, 1.165) is 0 Å². The number of aliphatic carboxylic acids is 2. The number of nitrogens with zero attached hydrogens (tertiary/aromatic N) is 1. The summed E-state index contributed by atoms with van der Waals surface area (Å²) in [5.74, 6) is -7.28. The first-order chi connectivity index (χ1) is 19.0. The Balaban J connectivity index is 5.71. The molecule has 0 aliphatic heterocycles. The highest BCUT2D eigenvalue weighted by molar-refractivity contribution is 5.96. The molecule has 13 N–H and O–H groups in total. The van der Waals surface area contributed by atoms with Gasteiger partial charge in [-0.25, -0.2) is 4.79 Å². The Morgan fingerprint density at radius 2 is 1.34 bits per heavy atom. The largest absolute Gasteiger partial charge is 0.481 e. The van der Waals surface area contributed by atoms with Gasteiger partial charge < -0.3 is 53.8 Å². The first kappa shape index (κ1) is 37.0. The number of amides is 4. The number of guanidine groups is 1. The van der Waals surface area contributed by atoms with Crippen LogP contribution in [0.15, 0.2) is 4.99 Å². The number of rotatable bonds is 19. The minimum Gasteiger partial charge on any atom is -0.481 e. The summed E-state index contributed by atoms with van der Waals surface area (Å²) in [4.78, 5) is 77.4. The number of carbonyl (C=O) groups is 6. The van der Waals surface area contributed by atoms with Crippen molar-refractivity contribution in [2.45, 2.75) is 83.6 Å². The van der Waals surface area contributed by atoms with Gasteiger partial charge in [0.1, 0.15) is 24.2 Å². The third-order valence-electron chi connectivity index (χ3n) is 6.19. The molecule has 0 rings (SSSR count). The summed E-state index contributed by atoms with van der Waals surface area (Å²) in [6.07, 6.45) is -0.267. The Morgan fingerprint density at radius 1 is 0.805 bits per heavy atom. The topological polar surface area (TPSA) is 302 Å². The van der Waals surface area contributed by atoms with Gasteiger partial charge in [-0.1, -0.05) is 34.1 Å². The summed E-state index contributed by atoms with van der Waals surface area (Å²) >= 11 is 0. The number of nitrogens with one attached hydrogen (secondary N) is 4. The number of hydrogen-bond acceptors (Lipinski definition) is 9. The molecule has 17 heteroatoms. The SMILES string of the molecule is CC[C@H](C)[C@H](N)C(=O)N[C@H](C(=O)N[C@@H](CO)C(=O)N[C@@H](CCCN=C(N)N)C(=O)N[C@@H](CC(=O)O)C(=O)O)C(C)C. The summed E-state index contributed by atoms with van der Waals surface area (Å²) in [6, 6.07) is -6.74. The Hall–Kier alpha value is -3.99. The Bertz CT molecular complexity index is 955. The molecule has 41 heavy (non-hydrogen) atoms. The van der Waals surface area contributed by atoms with Gasteiger partial charge in [-0.15, -0.1) is 0 Å². The Labute approximate surface area is 238 Å². The molecule has 0 aliphatic rings. The molecule has 0 unspecified atom stereocenters. The second kappa shape index (κ2) is 18.4. The van der Waals surface area contributed by atoms with Gasteiger partial charge in [0.05, 0.1) is 19.1 Å². The zero-order valence-corrected chi connectivity index (χ0v) is 23.8. The molecule has 0 aromatic rings. The van der Waals surface area contributed by atoms with E-state index in [2.05, 4.69) is 26.3 Å². The molecule has 0 fully saturated rings. The van der Waals surface area contributed by atoms with Crippen molar-refractivity contribution < 1.29 is 44.1 Å². The van der Waals surface area contributed by atoms with Crippen LogP contribution < -0.4 is 38.5 Å². The summed E-state index contributed by atoms with van der Waals surface area (Å²) in [6.45, 7) is 6.11. The van der Waals surface area contributed by atoms with Crippen molar-refractivity contribution in [3.63, 3.8) is 0 Å². The molecule has 0 saturated heterocycles. The smallest absolute Gasteiger partial charge is 0.326 e. The lowest BCUT2D eigenvalue weighted by molar-refractivity contribution is -0.147. The maximum atomic E-state index is 13.0. The molecule has 17 nitrogen and oxygen atoms in total. The summed E-state index contributed by atoms with van der Waals surface area (Å²) in [5.41, 5.74) is 16.5. The fraction of sp³-hybridized carbons (Fsp3) is 0.708. The van der Waals surface area contributed by atoms with Gasteiger partial charge in [-0.3, -0.25) is 29.0 Å². The predicted octanol–water partition coefficient (Wildman–Crippen LogP) is -3.44. The minimum atomic E-state index is -1.79. The van der Waals surface area contributed by atoms with E-state index in [4.69, 9.17) is 22.3 Å². The minimum absolute atomic E-state index is 0.0498. The molecule has 6 atom stereocenters. The molecule has 0 saturated carbocycles. The predicted molar refractivity (Wildman–Crippen MR) is 147 cm³/mol. The average Bonchev–Trinajstić information content (AvgIpc) is 2.89. The maximum Gasteiger partial charge on any atom is 0.326 e. The highest BCUT2D eigenvalue weighted by atomic mass is 16.4. The molecular weight excluding hydrogens is 544 g/mol. The summed E-state index contributed by atoms with van der Waals surface area (Å²) < 4.78 is 0. The van der Waals surface area contributed by atoms with Gasteiger partial charge in [0.15, 0.2) is 5.96 Å². The molecule has 0 bridgehead atoms. The lowest BCUT2D eigenvalue weighted by Crippen LogP contribution is -2.60. The molecular formula is C24H44N8O9. The van der Waals surface area contributed by atoms with E-state index in [0.29, 0.717) is 6.42 Å². The molecule has 0 radical (unpaired) electrons. The van der Waals surface area contributed by atoms with E-state index >= 15 is 0 Å². The Kier molecular flexibility index (Phi) is 16.6. The second-order valence-electron chi connectivity index (χ2n) is 9.89. The van der Waals surface area contributed by atoms with E-state index in [1.54, 1.807) is 20.8 Å². The molecule has 4 amide bonds.